The number of ether oxygens (including phenoxy) is 2. The summed E-state index contributed by atoms with van der Waals surface area (Å²) in [5, 5.41) is 0. The molecule has 0 spiro atoms. The van der Waals surface area contributed by atoms with Crippen molar-refractivity contribution < 1.29 is 19.1 Å². The van der Waals surface area contributed by atoms with E-state index in [9.17, 15) is 9.59 Å². The first-order chi connectivity index (χ1) is 14.1. The lowest BCUT2D eigenvalue weighted by Gasteiger charge is -2.14. The molecule has 0 aromatic heterocycles. The van der Waals surface area contributed by atoms with Gasteiger partial charge in [0.05, 0.1) is 13.2 Å². The van der Waals surface area contributed by atoms with Crippen molar-refractivity contribution in [2.75, 3.05) is 33.9 Å². The van der Waals surface area contributed by atoms with E-state index in [1.165, 1.54) is 57.8 Å². The highest BCUT2D eigenvalue weighted by Gasteiger charge is 2.12. The second-order valence-corrected chi connectivity index (χ2v) is 7.91. The van der Waals surface area contributed by atoms with Crippen LogP contribution in [0.25, 0.3) is 0 Å². The van der Waals surface area contributed by atoms with Crippen LogP contribution in [0.4, 0.5) is 0 Å². The highest BCUT2D eigenvalue weighted by atomic mass is 16.6. The van der Waals surface area contributed by atoms with Gasteiger partial charge in [-0.1, -0.05) is 70.4 Å². The van der Waals surface area contributed by atoms with Crippen LogP contribution in [-0.2, 0) is 19.1 Å². The number of carbonyl (C=O) groups excluding carboxylic acids is 2. The topological polar surface area (TPSA) is 55.8 Å². The Morgan fingerprint density at radius 3 is 1.93 bits per heavy atom. The van der Waals surface area contributed by atoms with Gasteiger partial charge in [-0.2, -0.15) is 0 Å². The van der Waals surface area contributed by atoms with Crippen LogP contribution in [0.15, 0.2) is 12.2 Å². The van der Waals surface area contributed by atoms with E-state index in [0.717, 1.165) is 25.7 Å². The molecule has 0 amide bonds. The lowest BCUT2D eigenvalue weighted by Crippen LogP contribution is -2.31. The van der Waals surface area contributed by atoms with Crippen molar-refractivity contribution in [1.29, 1.82) is 0 Å². The SMILES string of the molecule is CCCCCCCC/C=C\CCCCCCCC(=O)OC(=O)CN(C)CCOC. The highest BCUT2D eigenvalue weighted by molar-refractivity contribution is 5.86. The molecule has 0 aliphatic carbocycles. The second kappa shape index (κ2) is 21.5. The summed E-state index contributed by atoms with van der Waals surface area (Å²) >= 11 is 0. The third kappa shape index (κ3) is 21.3. The number of methoxy groups -OCH3 is 1. The maximum Gasteiger partial charge on any atom is 0.327 e. The van der Waals surface area contributed by atoms with Crippen molar-refractivity contribution >= 4 is 11.9 Å². The van der Waals surface area contributed by atoms with E-state index in [1.54, 1.807) is 19.1 Å². The van der Waals surface area contributed by atoms with Gasteiger partial charge in [0.25, 0.3) is 0 Å². The normalized spacial score (nSPS) is 11.4. The molecule has 0 aliphatic rings. The first-order valence-electron chi connectivity index (χ1n) is 11.7. The second-order valence-electron chi connectivity index (χ2n) is 7.91. The van der Waals surface area contributed by atoms with E-state index >= 15 is 0 Å². The molecule has 0 bridgehead atoms. The Morgan fingerprint density at radius 1 is 0.793 bits per heavy atom. The van der Waals surface area contributed by atoms with E-state index in [2.05, 4.69) is 19.1 Å². The molecule has 5 heteroatoms. The Morgan fingerprint density at radius 2 is 1.34 bits per heavy atom. The zero-order valence-electron chi connectivity index (χ0n) is 19.3. The Balaban J connectivity index is 3.41. The fourth-order valence-corrected chi connectivity index (χ4v) is 3.10. The molecule has 0 unspecified atom stereocenters. The first kappa shape index (κ1) is 27.8. The first-order valence-corrected chi connectivity index (χ1v) is 11.7. The standard InChI is InChI=1S/C24H45NO4/c1-4-5-6-7-8-9-10-11-12-13-14-15-16-17-18-19-23(26)29-24(27)22-25(2)20-21-28-3/h11-12H,4-10,13-22H2,1-3H3/b12-11-. The minimum absolute atomic E-state index is 0.113. The number of carbonyl (C=O) groups is 2. The van der Waals surface area contributed by atoms with Gasteiger partial charge in [-0.3, -0.25) is 14.5 Å². The third-order valence-corrected chi connectivity index (χ3v) is 4.95. The zero-order chi connectivity index (χ0) is 21.6. The number of likely N-dealkylation sites (N-methyl/N-ethyl adjacent to an activating group) is 1. The lowest BCUT2D eigenvalue weighted by atomic mass is 10.1. The van der Waals surface area contributed by atoms with Gasteiger partial charge in [-0.05, 0) is 39.2 Å². The molecule has 0 aromatic rings. The fraction of sp³-hybridized carbons (Fsp3) is 0.833. The van der Waals surface area contributed by atoms with E-state index in [4.69, 9.17) is 9.47 Å². The molecule has 0 atom stereocenters. The van der Waals surface area contributed by atoms with Gasteiger partial charge >= 0.3 is 11.9 Å². The summed E-state index contributed by atoms with van der Waals surface area (Å²) < 4.78 is 9.80. The quantitative estimate of drug-likeness (QED) is 0.112. The van der Waals surface area contributed by atoms with Gasteiger partial charge < -0.3 is 9.47 Å². The maximum atomic E-state index is 11.7. The average Bonchev–Trinajstić information content (AvgIpc) is 2.69. The van der Waals surface area contributed by atoms with E-state index in [1.807, 2.05) is 0 Å². The molecule has 5 nitrogen and oxygen atoms in total. The van der Waals surface area contributed by atoms with Crippen LogP contribution in [0.1, 0.15) is 96.8 Å². The van der Waals surface area contributed by atoms with Gasteiger partial charge in [0.2, 0.25) is 0 Å². The van der Waals surface area contributed by atoms with Crippen molar-refractivity contribution in [2.24, 2.45) is 0 Å². The zero-order valence-corrected chi connectivity index (χ0v) is 19.3. The summed E-state index contributed by atoms with van der Waals surface area (Å²) in [5.41, 5.74) is 0. The smallest absolute Gasteiger partial charge is 0.327 e. The summed E-state index contributed by atoms with van der Waals surface area (Å²) in [7, 11) is 3.41. The Hall–Kier alpha value is -1.20. The van der Waals surface area contributed by atoms with Crippen molar-refractivity contribution in [1.82, 2.24) is 4.90 Å². The van der Waals surface area contributed by atoms with Crippen molar-refractivity contribution in [2.45, 2.75) is 96.8 Å². The van der Waals surface area contributed by atoms with Crippen LogP contribution >= 0.6 is 0 Å². The molecule has 0 aromatic carbocycles. The molecule has 0 radical (unpaired) electrons. The van der Waals surface area contributed by atoms with Crippen LogP contribution in [0, 0.1) is 0 Å². The molecule has 0 fully saturated rings. The minimum Gasteiger partial charge on any atom is -0.392 e. The summed E-state index contributed by atoms with van der Waals surface area (Å²) in [5.74, 6) is -0.894. The number of hydrogen-bond donors (Lipinski definition) is 0. The predicted octanol–water partition coefficient (Wildman–Crippen LogP) is 5.67. The number of rotatable bonds is 20. The highest BCUT2D eigenvalue weighted by Crippen LogP contribution is 2.10. The summed E-state index contributed by atoms with van der Waals surface area (Å²) in [6.07, 6.45) is 20.8. The third-order valence-electron chi connectivity index (χ3n) is 4.95. The monoisotopic (exact) mass is 411 g/mol. The molecular weight excluding hydrogens is 366 g/mol. The van der Waals surface area contributed by atoms with Crippen molar-refractivity contribution in [3.05, 3.63) is 12.2 Å². The van der Waals surface area contributed by atoms with Crippen LogP contribution in [0.3, 0.4) is 0 Å². The van der Waals surface area contributed by atoms with Crippen LogP contribution < -0.4 is 0 Å². The maximum absolute atomic E-state index is 11.7. The molecule has 0 aliphatic heterocycles. The summed E-state index contributed by atoms with van der Waals surface area (Å²) in [6, 6.07) is 0. The van der Waals surface area contributed by atoms with Gasteiger partial charge in [0, 0.05) is 20.1 Å². The molecule has 170 valence electrons. The Labute approximate surface area is 179 Å². The van der Waals surface area contributed by atoms with Gasteiger partial charge in [-0.15, -0.1) is 0 Å². The number of esters is 2. The molecule has 0 saturated heterocycles. The largest absolute Gasteiger partial charge is 0.392 e. The molecule has 0 heterocycles. The predicted molar refractivity (Wildman–Crippen MR) is 120 cm³/mol. The number of unbranched alkanes of at least 4 members (excludes halogenated alkanes) is 11. The van der Waals surface area contributed by atoms with E-state index < -0.39 is 11.9 Å². The molecular formula is C24H45NO4. The van der Waals surface area contributed by atoms with Gasteiger partial charge in [0.1, 0.15) is 0 Å². The average molecular weight is 412 g/mol. The van der Waals surface area contributed by atoms with E-state index in [-0.39, 0.29) is 6.54 Å². The lowest BCUT2D eigenvalue weighted by molar-refractivity contribution is -0.160. The molecule has 0 N–H and O–H groups in total. The van der Waals surface area contributed by atoms with Gasteiger partial charge in [0.15, 0.2) is 0 Å². The van der Waals surface area contributed by atoms with E-state index in [0.29, 0.717) is 19.6 Å². The molecule has 29 heavy (non-hydrogen) atoms. The van der Waals surface area contributed by atoms with Crippen molar-refractivity contribution in [3.63, 3.8) is 0 Å². The number of nitrogens with zero attached hydrogens (tertiary/aromatic N) is 1. The minimum atomic E-state index is -0.485. The van der Waals surface area contributed by atoms with Crippen LogP contribution in [0.5, 0.6) is 0 Å². The number of allylic oxidation sites excluding steroid dienone is 2. The van der Waals surface area contributed by atoms with Crippen LogP contribution in [0.2, 0.25) is 0 Å². The molecule has 0 rings (SSSR count). The number of hydrogen-bond acceptors (Lipinski definition) is 5. The Kier molecular flexibility index (Phi) is 20.6. The molecule has 0 saturated carbocycles. The van der Waals surface area contributed by atoms with Crippen LogP contribution in [-0.4, -0.2) is 50.7 Å². The summed E-state index contributed by atoms with van der Waals surface area (Å²) in [6.45, 7) is 3.55. The van der Waals surface area contributed by atoms with Crippen molar-refractivity contribution in [3.8, 4) is 0 Å². The summed E-state index contributed by atoms with van der Waals surface area (Å²) in [4.78, 5) is 25.1. The Bertz CT molecular complexity index is 423. The fourth-order valence-electron chi connectivity index (χ4n) is 3.10. The van der Waals surface area contributed by atoms with Gasteiger partial charge in [-0.25, -0.2) is 0 Å².